The monoisotopic (exact) mass is 456 g/mol. The summed E-state index contributed by atoms with van der Waals surface area (Å²) in [6, 6.07) is 16.9. The Hall–Kier alpha value is -3.26. The maximum atomic E-state index is 13.4. The Bertz CT molecular complexity index is 1170. The first-order valence-electron chi connectivity index (χ1n) is 10.2. The summed E-state index contributed by atoms with van der Waals surface area (Å²) < 4.78 is 41.6. The van der Waals surface area contributed by atoms with Crippen molar-refractivity contribution in [3.8, 4) is 5.75 Å². The van der Waals surface area contributed by atoms with Crippen LogP contribution in [0.1, 0.15) is 35.2 Å². The molecule has 2 aromatic carbocycles. The number of rotatable bonds is 3. The van der Waals surface area contributed by atoms with E-state index in [4.69, 9.17) is 0 Å². The third-order valence-electron chi connectivity index (χ3n) is 5.70. The van der Waals surface area contributed by atoms with Gasteiger partial charge in [0.05, 0.1) is 17.4 Å². The van der Waals surface area contributed by atoms with Crippen LogP contribution in [-0.2, 0) is 4.79 Å². The van der Waals surface area contributed by atoms with Gasteiger partial charge in [-0.05, 0) is 47.7 Å². The van der Waals surface area contributed by atoms with Gasteiger partial charge in [-0.2, -0.15) is 0 Å². The van der Waals surface area contributed by atoms with Gasteiger partial charge in [-0.1, -0.05) is 30.3 Å². The van der Waals surface area contributed by atoms with E-state index in [0.29, 0.717) is 24.0 Å². The van der Waals surface area contributed by atoms with E-state index in [9.17, 15) is 18.0 Å². The first-order valence-corrected chi connectivity index (χ1v) is 11.0. The van der Waals surface area contributed by atoms with Gasteiger partial charge < -0.3 is 15.4 Å². The second kappa shape index (κ2) is 8.02. The van der Waals surface area contributed by atoms with Gasteiger partial charge in [-0.25, -0.2) is 0 Å². The molecule has 164 valence electrons. The van der Waals surface area contributed by atoms with Crippen molar-refractivity contribution in [2.45, 2.75) is 31.2 Å². The molecule has 3 aromatic rings. The van der Waals surface area contributed by atoms with Crippen molar-refractivity contribution < 1.29 is 22.7 Å². The van der Waals surface area contributed by atoms with Crippen LogP contribution in [0.2, 0.25) is 0 Å². The second-order valence-electron chi connectivity index (χ2n) is 7.80. The van der Waals surface area contributed by atoms with E-state index in [0.717, 1.165) is 17.1 Å². The van der Waals surface area contributed by atoms with Gasteiger partial charge in [0.2, 0.25) is 0 Å². The van der Waals surface area contributed by atoms with E-state index in [1.807, 2.05) is 41.8 Å². The molecule has 0 fully saturated rings. The summed E-state index contributed by atoms with van der Waals surface area (Å²) in [6.07, 6.45) is -3.68. The number of Topliss-reactive ketones (excluding diaryl/α,β-unsaturated/α-hetero) is 1. The largest absolute Gasteiger partial charge is 0.573 e. The lowest BCUT2D eigenvalue weighted by molar-refractivity contribution is -0.274. The minimum atomic E-state index is -4.75. The quantitative estimate of drug-likeness (QED) is 0.465. The summed E-state index contributed by atoms with van der Waals surface area (Å²) in [5, 5.41) is 8.88. The zero-order valence-electron chi connectivity index (χ0n) is 16.8. The van der Waals surface area contributed by atoms with Gasteiger partial charge in [0.25, 0.3) is 0 Å². The lowest BCUT2D eigenvalue weighted by atomic mass is 9.81. The number of ether oxygens (including phenoxy) is 1. The smallest absolute Gasteiger partial charge is 0.406 e. The summed E-state index contributed by atoms with van der Waals surface area (Å²) in [7, 11) is 0. The fourth-order valence-corrected chi connectivity index (χ4v) is 5.16. The number of hydrogen-bond acceptors (Lipinski definition) is 5. The molecule has 1 aromatic heterocycles. The molecule has 0 amide bonds. The molecule has 32 heavy (non-hydrogen) atoms. The van der Waals surface area contributed by atoms with E-state index in [1.54, 1.807) is 23.5 Å². The Morgan fingerprint density at radius 1 is 0.938 bits per heavy atom. The summed E-state index contributed by atoms with van der Waals surface area (Å²) in [5.41, 5.74) is 3.84. The maximum Gasteiger partial charge on any atom is 0.573 e. The summed E-state index contributed by atoms with van der Waals surface area (Å²) >= 11 is 1.64. The number of anilines is 2. The highest BCUT2D eigenvalue weighted by molar-refractivity contribution is 7.10. The number of alkyl halides is 3. The third-order valence-corrected chi connectivity index (χ3v) is 6.74. The summed E-state index contributed by atoms with van der Waals surface area (Å²) in [5.74, 6) is -0.171. The number of benzene rings is 2. The fourth-order valence-electron chi connectivity index (χ4n) is 4.33. The number of thiophene rings is 1. The van der Waals surface area contributed by atoms with E-state index in [-0.39, 0.29) is 17.5 Å². The Morgan fingerprint density at radius 3 is 2.38 bits per heavy atom. The predicted octanol–water partition coefficient (Wildman–Crippen LogP) is 6.63. The SMILES string of the molecule is O=C1C[C@H](c2cccs2)CC2=C1[C@H](c1ccc(OC(F)(F)F)cc1)Nc1ccccc1N2. The number of para-hydroxylation sites is 2. The predicted molar refractivity (Wildman–Crippen MR) is 118 cm³/mol. The van der Waals surface area contributed by atoms with Gasteiger partial charge in [0, 0.05) is 28.5 Å². The van der Waals surface area contributed by atoms with Crippen LogP contribution in [0.5, 0.6) is 5.75 Å². The van der Waals surface area contributed by atoms with E-state index >= 15 is 0 Å². The first kappa shape index (κ1) is 20.6. The molecule has 0 saturated heterocycles. The van der Waals surface area contributed by atoms with Crippen molar-refractivity contribution in [3.63, 3.8) is 0 Å². The van der Waals surface area contributed by atoms with Crippen LogP contribution < -0.4 is 15.4 Å². The molecule has 0 bridgehead atoms. The van der Waals surface area contributed by atoms with Crippen LogP contribution in [0.15, 0.2) is 77.3 Å². The number of ketones is 1. The number of fused-ring (bicyclic) bond motifs is 1. The van der Waals surface area contributed by atoms with Crippen molar-refractivity contribution in [2.75, 3.05) is 10.6 Å². The Morgan fingerprint density at radius 2 is 1.69 bits per heavy atom. The fraction of sp³-hybridized carbons (Fsp3) is 0.208. The molecular formula is C24H19F3N2O2S. The molecule has 5 rings (SSSR count). The highest BCUT2D eigenvalue weighted by Gasteiger charge is 2.36. The number of nitrogens with one attached hydrogen (secondary N) is 2. The molecule has 2 heterocycles. The van der Waals surface area contributed by atoms with Crippen LogP contribution in [0.4, 0.5) is 24.5 Å². The Labute approximate surface area is 186 Å². The van der Waals surface area contributed by atoms with Crippen molar-refractivity contribution in [1.29, 1.82) is 0 Å². The molecule has 2 atom stereocenters. The zero-order chi connectivity index (χ0) is 22.3. The molecule has 4 nitrogen and oxygen atoms in total. The minimum Gasteiger partial charge on any atom is -0.406 e. The topological polar surface area (TPSA) is 50.4 Å². The molecule has 8 heteroatoms. The highest BCUT2D eigenvalue weighted by atomic mass is 32.1. The Balaban J connectivity index is 1.55. The molecule has 1 aliphatic carbocycles. The van der Waals surface area contributed by atoms with Crippen molar-refractivity contribution >= 4 is 28.5 Å². The average Bonchev–Trinajstić information content (AvgIpc) is 3.22. The van der Waals surface area contributed by atoms with Gasteiger partial charge in [-0.15, -0.1) is 24.5 Å². The van der Waals surface area contributed by atoms with Gasteiger partial charge in [0.15, 0.2) is 5.78 Å². The van der Waals surface area contributed by atoms with Gasteiger partial charge in [0.1, 0.15) is 5.75 Å². The molecule has 1 aliphatic heterocycles. The molecule has 2 aliphatic rings. The maximum absolute atomic E-state index is 13.4. The third kappa shape index (κ3) is 4.10. The zero-order valence-corrected chi connectivity index (χ0v) is 17.6. The van der Waals surface area contributed by atoms with E-state index < -0.39 is 12.4 Å². The first-order chi connectivity index (χ1) is 15.4. The highest BCUT2D eigenvalue weighted by Crippen LogP contribution is 2.45. The van der Waals surface area contributed by atoms with Crippen molar-refractivity contribution in [3.05, 3.63) is 87.8 Å². The van der Waals surface area contributed by atoms with Gasteiger partial charge >= 0.3 is 6.36 Å². The van der Waals surface area contributed by atoms with Crippen molar-refractivity contribution in [1.82, 2.24) is 0 Å². The van der Waals surface area contributed by atoms with E-state index in [1.165, 1.54) is 17.0 Å². The number of hydrogen-bond donors (Lipinski definition) is 2. The molecule has 0 spiro atoms. The van der Waals surface area contributed by atoms with Crippen LogP contribution >= 0.6 is 11.3 Å². The Kier molecular flexibility index (Phi) is 5.17. The molecule has 0 unspecified atom stereocenters. The summed E-state index contributed by atoms with van der Waals surface area (Å²) in [6.45, 7) is 0. The lowest BCUT2D eigenvalue weighted by Gasteiger charge is -2.29. The summed E-state index contributed by atoms with van der Waals surface area (Å²) in [4.78, 5) is 14.5. The standard InChI is InChI=1S/C24H19F3N2O2S/c25-24(26,27)31-16-9-7-14(8-10-16)23-22-19(28-17-4-1-2-5-18(17)29-23)12-15(13-20(22)30)21-6-3-11-32-21/h1-11,15,23,28-29H,12-13H2/t15-,23+/m1/s1. The number of allylic oxidation sites excluding steroid dienone is 1. The number of carbonyl (C=O) groups is 1. The molecule has 2 N–H and O–H groups in total. The minimum absolute atomic E-state index is 0.0260. The molecule has 0 radical (unpaired) electrons. The van der Waals surface area contributed by atoms with Crippen LogP contribution in [0, 0.1) is 0 Å². The normalized spacial score (nSPS) is 20.5. The van der Waals surface area contributed by atoms with Crippen molar-refractivity contribution in [2.24, 2.45) is 0 Å². The van der Waals surface area contributed by atoms with Crippen LogP contribution in [0.25, 0.3) is 0 Å². The number of halogens is 3. The van der Waals surface area contributed by atoms with Crippen LogP contribution in [0.3, 0.4) is 0 Å². The van der Waals surface area contributed by atoms with Gasteiger partial charge in [-0.3, -0.25) is 4.79 Å². The van der Waals surface area contributed by atoms with E-state index in [2.05, 4.69) is 15.4 Å². The average molecular weight is 456 g/mol. The molecular weight excluding hydrogens is 437 g/mol. The lowest BCUT2D eigenvalue weighted by Crippen LogP contribution is -2.26. The second-order valence-corrected chi connectivity index (χ2v) is 8.78. The van der Waals surface area contributed by atoms with Crippen LogP contribution in [-0.4, -0.2) is 12.1 Å². The number of carbonyl (C=O) groups excluding carboxylic acids is 1. The molecule has 0 saturated carbocycles.